The third kappa shape index (κ3) is 5.50. The van der Waals surface area contributed by atoms with Gasteiger partial charge in [0.15, 0.2) is 0 Å². The van der Waals surface area contributed by atoms with E-state index >= 15 is 0 Å². The quantitative estimate of drug-likeness (QED) is 0.760. The van der Waals surface area contributed by atoms with Gasteiger partial charge in [-0.1, -0.05) is 0 Å². The summed E-state index contributed by atoms with van der Waals surface area (Å²) in [5.41, 5.74) is 1.30. The van der Waals surface area contributed by atoms with E-state index < -0.39 is 0 Å². The molecule has 0 aliphatic carbocycles. The molecular formula is C18H27FN4O4. The molecule has 2 aliphatic heterocycles. The van der Waals surface area contributed by atoms with Gasteiger partial charge in [-0.2, -0.15) is 0 Å². The largest absolute Gasteiger partial charge is 0.447 e. The number of carbonyl (C=O) groups is 1. The van der Waals surface area contributed by atoms with E-state index in [1.54, 1.807) is 18.1 Å². The van der Waals surface area contributed by atoms with Gasteiger partial charge in [-0.05, 0) is 12.8 Å². The van der Waals surface area contributed by atoms with Gasteiger partial charge in [0.05, 0.1) is 37.4 Å². The molecule has 9 heteroatoms. The predicted octanol–water partition coefficient (Wildman–Crippen LogP) is 1.02. The van der Waals surface area contributed by atoms with Crippen molar-refractivity contribution in [3.05, 3.63) is 23.8 Å². The normalized spacial score (nSPS) is 23.1. The Balaban J connectivity index is 1.45. The van der Waals surface area contributed by atoms with Gasteiger partial charge < -0.3 is 29.7 Å². The molecule has 2 aliphatic rings. The highest BCUT2D eigenvalue weighted by Gasteiger charge is 2.25. The first-order chi connectivity index (χ1) is 13.2. The van der Waals surface area contributed by atoms with Gasteiger partial charge in [0.25, 0.3) is 0 Å². The number of halogens is 1. The summed E-state index contributed by atoms with van der Waals surface area (Å²) in [5, 5.41) is 6.26. The van der Waals surface area contributed by atoms with Crippen LogP contribution in [0.2, 0.25) is 0 Å². The van der Waals surface area contributed by atoms with Crippen LogP contribution in [0.4, 0.5) is 14.9 Å². The Morgan fingerprint density at radius 3 is 2.93 bits per heavy atom. The molecule has 8 nitrogen and oxygen atoms in total. The van der Waals surface area contributed by atoms with Crippen molar-refractivity contribution in [3.8, 4) is 0 Å². The topological polar surface area (TPSA) is 85.0 Å². The molecule has 0 saturated carbocycles. The molecular weight excluding hydrogens is 355 g/mol. The van der Waals surface area contributed by atoms with Crippen LogP contribution in [-0.2, 0) is 20.6 Å². The summed E-state index contributed by atoms with van der Waals surface area (Å²) >= 11 is 0. The van der Waals surface area contributed by atoms with Crippen LogP contribution in [-0.4, -0.2) is 81.2 Å². The van der Waals surface area contributed by atoms with Gasteiger partial charge in [-0.25, -0.2) is 9.18 Å². The molecule has 0 aromatic carbocycles. The van der Waals surface area contributed by atoms with Gasteiger partial charge in [0, 0.05) is 38.8 Å². The van der Waals surface area contributed by atoms with E-state index in [-0.39, 0.29) is 30.7 Å². The SMILES string of the molecule is CNc1cncc(F)c1CC[C@@H]1CNC[C@@H](COC(=O)N2CCOCC2)O1. The number of morpholine rings is 2. The minimum Gasteiger partial charge on any atom is -0.447 e. The summed E-state index contributed by atoms with van der Waals surface area (Å²) in [4.78, 5) is 17.6. The molecule has 150 valence electrons. The number of ether oxygens (including phenoxy) is 3. The molecule has 3 heterocycles. The Labute approximate surface area is 158 Å². The van der Waals surface area contributed by atoms with Crippen LogP contribution < -0.4 is 10.6 Å². The zero-order valence-corrected chi connectivity index (χ0v) is 15.6. The maximum Gasteiger partial charge on any atom is 0.410 e. The summed E-state index contributed by atoms with van der Waals surface area (Å²) in [6, 6.07) is 0. The summed E-state index contributed by atoms with van der Waals surface area (Å²) in [7, 11) is 1.75. The third-order valence-electron chi connectivity index (χ3n) is 4.78. The van der Waals surface area contributed by atoms with E-state index in [2.05, 4.69) is 15.6 Å². The minimum absolute atomic E-state index is 0.0666. The van der Waals surface area contributed by atoms with E-state index in [1.165, 1.54) is 6.20 Å². The Hall–Kier alpha value is -1.97. The van der Waals surface area contributed by atoms with Gasteiger partial charge in [-0.3, -0.25) is 4.98 Å². The fraction of sp³-hybridized carbons (Fsp3) is 0.667. The Bertz CT molecular complexity index is 627. The molecule has 3 rings (SSSR count). The molecule has 27 heavy (non-hydrogen) atoms. The van der Waals surface area contributed by atoms with Gasteiger partial charge in [0.1, 0.15) is 18.5 Å². The first kappa shape index (κ1) is 19.8. The lowest BCUT2D eigenvalue weighted by Crippen LogP contribution is -2.48. The Morgan fingerprint density at radius 2 is 2.15 bits per heavy atom. The number of nitrogens with zero attached hydrogens (tertiary/aromatic N) is 2. The molecule has 0 radical (unpaired) electrons. The molecule has 1 amide bonds. The summed E-state index contributed by atoms with van der Waals surface area (Å²) in [5.74, 6) is -0.318. The lowest BCUT2D eigenvalue weighted by molar-refractivity contribution is -0.0703. The molecule has 0 spiro atoms. The molecule has 2 fully saturated rings. The van der Waals surface area contributed by atoms with E-state index in [9.17, 15) is 9.18 Å². The molecule has 2 atom stereocenters. The number of aromatic nitrogens is 1. The van der Waals surface area contributed by atoms with Crippen LogP contribution in [0.3, 0.4) is 0 Å². The number of rotatable bonds is 6. The number of amides is 1. The van der Waals surface area contributed by atoms with Crippen molar-refractivity contribution in [2.75, 3.05) is 58.4 Å². The number of carbonyl (C=O) groups excluding carboxylic acids is 1. The van der Waals surface area contributed by atoms with Crippen molar-refractivity contribution in [3.63, 3.8) is 0 Å². The summed E-state index contributed by atoms with van der Waals surface area (Å²) in [6.45, 7) is 3.70. The number of anilines is 1. The van der Waals surface area contributed by atoms with Crippen molar-refractivity contribution in [2.24, 2.45) is 0 Å². The molecule has 1 aromatic rings. The number of hydrogen-bond donors (Lipinski definition) is 2. The smallest absolute Gasteiger partial charge is 0.410 e. The fourth-order valence-corrected chi connectivity index (χ4v) is 3.28. The molecule has 1 aromatic heterocycles. The van der Waals surface area contributed by atoms with Crippen molar-refractivity contribution in [1.29, 1.82) is 0 Å². The maximum absolute atomic E-state index is 14.0. The van der Waals surface area contributed by atoms with Gasteiger partial charge >= 0.3 is 6.09 Å². The van der Waals surface area contributed by atoms with Crippen LogP contribution in [0.5, 0.6) is 0 Å². The fourth-order valence-electron chi connectivity index (χ4n) is 3.28. The van der Waals surface area contributed by atoms with Crippen molar-refractivity contribution < 1.29 is 23.4 Å². The highest BCUT2D eigenvalue weighted by Crippen LogP contribution is 2.21. The molecule has 0 bridgehead atoms. The zero-order chi connectivity index (χ0) is 19.1. The minimum atomic E-state index is -0.332. The summed E-state index contributed by atoms with van der Waals surface area (Å²) in [6.07, 6.45) is 3.44. The maximum atomic E-state index is 14.0. The van der Waals surface area contributed by atoms with Gasteiger partial charge in [-0.15, -0.1) is 0 Å². The van der Waals surface area contributed by atoms with Crippen LogP contribution >= 0.6 is 0 Å². The zero-order valence-electron chi connectivity index (χ0n) is 15.6. The molecule has 2 saturated heterocycles. The third-order valence-corrected chi connectivity index (χ3v) is 4.78. The monoisotopic (exact) mass is 382 g/mol. The standard InChI is InChI=1S/C18H27FN4O4/c1-20-17-11-22-10-16(19)15(17)3-2-13-8-21-9-14(27-13)12-26-18(24)23-4-6-25-7-5-23/h10-11,13-14,20-21H,2-9,12H2,1H3/t13-,14+/m1/s1. The van der Waals surface area contributed by atoms with Crippen molar-refractivity contribution in [1.82, 2.24) is 15.2 Å². The van der Waals surface area contributed by atoms with Crippen LogP contribution in [0.1, 0.15) is 12.0 Å². The highest BCUT2D eigenvalue weighted by molar-refractivity contribution is 5.67. The second-order valence-corrected chi connectivity index (χ2v) is 6.65. The Kier molecular flexibility index (Phi) is 7.19. The first-order valence-corrected chi connectivity index (χ1v) is 9.33. The Morgan fingerprint density at radius 1 is 1.37 bits per heavy atom. The van der Waals surface area contributed by atoms with E-state index in [0.717, 1.165) is 0 Å². The lowest BCUT2D eigenvalue weighted by atomic mass is 10.0. The van der Waals surface area contributed by atoms with Crippen LogP contribution in [0.25, 0.3) is 0 Å². The van der Waals surface area contributed by atoms with Crippen molar-refractivity contribution in [2.45, 2.75) is 25.0 Å². The van der Waals surface area contributed by atoms with Gasteiger partial charge in [0.2, 0.25) is 0 Å². The average molecular weight is 382 g/mol. The van der Waals surface area contributed by atoms with E-state index in [4.69, 9.17) is 14.2 Å². The molecule has 0 unspecified atom stereocenters. The first-order valence-electron chi connectivity index (χ1n) is 9.33. The molecule has 2 N–H and O–H groups in total. The van der Waals surface area contributed by atoms with Crippen LogP contribution in [0.15, 0.2) is 12.4 Å². The summed E-state index contributed by atoms with van der Waals surface area (Å²) < 4.78 is 30.6. The van der Waals surface area contributed by atoms with Crippen LogP contribution in [0, 0.1) is 5.82 Å². The number of nitrogens with one attached hydrogen (secondary N) is 2. The second kappa shape index (κ2) is 9.82. The number of hydrogen-bond acceptors (Lipinski definition) is 7. The second-order valence-electron chi connectivity index (χ2n) is 6.65. The highest BCUT2D eigenvalue weighted by atomic mass is 19.1. The average Bonchev–Trinajstić information content (AvgIpc) is 2.72. The predicted molar refractivity (Wildman–Crippen MR) is 97.3 cm³/mol. The lowest BCUT2D eigenvalue weighted by Gasteiger charge is -2.32. The number of pyridine rings is 1. The van der Waals surface area contributed by atoms with E-state index in [0.29, 0.717) is 63.5 Å². The van der Waals surface area contributed by atoms with Crippen molar-refractivity contribution >= 4 is 11.8 Å². The van der Waals surface area contributed by atoms with E-state index in [1.807, 2.05) is 0 Å².